The highest BCUT2D eigenvalue weighted by Crippen LogP contribution is 2.40. The molecule has 1 aromatic heterocycles. The van der Waals surface area contributed by atoms with Gasteiger partial charge in [-0.1, -0.05) is 42.5 Å². The van der Waals surface area contributed by atoms with Crippen LogP contribution in [0, 0.1) is 0 Å². The monoisotopic (exact) mass is 428 g/mol. The number of fused-ring (bicyclic) bond motifs is 3. The van der Waals surface area contributed by atoms with E-state index in [1.165, 1.54) is 0 Å². The number of nitrogens with one attached hydrogen (secondary N) is 1. The Morgan fingerprint density at radius 2 is 1.81 bits per heavy atom. The lowest BCUT2D eigenvalue weighted by molar-refractivity contribution is 0.249. The lowest BCUT2D eigenvalue weighted by Gasteiger charge is -2.38. The van der Waals surface area contributed by atoms with E-state index < -0.39 is 0 Å². The number of carbonyl (C=O) groups excluding carboxylic acids is 1. The van der Waals surface area contributed by atoms with Gasteiger partial charge in [0.2, 0.25) is 0 Å². The molecule has 2 aromatic carbocycles. The molecule has 3 aromatic rings. The highest BCUT2D eigenvalue weighted by molar-refractivity contribution is 6.08. The number of hydrogen-bond donors (Lipinski definition) is 1. The van der Waals surface area contributed by atoms with E-state index in [2.05, 4.69) is 16.4 Å². The molecule has 0 fully saturated rings. The van der Waals surface area contributed by atoms with Crippen LogP contribution < -0.4 is 24.6 Å². The average Bonchev–Trinajstić information content (AvgIpc) is 2.85. The van der Waals surface area contributed by atoms with Gasteiger partial charge in [0.15, 0.2) is 0 Å². The summed E-state index contributed by atoms with van der Waals surface area (Å²) >= 11 is 0. The predicted molar refractivity (Wildman–Crippen MR) is 126 cm³/mol. The third-order valence-corrected chi connectivity index (χ3v) is 5.73. The van der Waals surface area contributed by atoms with Gasteiger partial charge in [0, 0.05) is 42.1 Å². The van der Waals surface area contributed by atoms with Crippen LogP contribution in [0.3, 0.4) is 0 Å². The Kier molecular flexibility index (Phi) is 5.15. The summed E-state index contributed by atoms with van der Waals surface area (Å²) in [5, 5.41) is 3.30. The molecule has 5 rings (SSSR count). The number of amides is 2. The van der Waals surface area contributed by atoms with Crippen LogP contribution in [0.4, 0.5) is 22.0 Å². The van der Waals surface area contributed by atoms with Crippen LogP contribution in [0.15, 0.2) is 60.8 Å². The number of anilines is 3. The summed E-state index contributed by atoms with van der Waals surface area (Å²) < 4.78 is 10.9. The second kappa shape index (κ2) is 8.26. The number of methoxy groups -OCH3 is 2. The van der Waals surface area contributed by atoms with E-state index in [1.54, 1.807) is 25.2 Å². The smallest absolute Gasteiger partial charge is 0.329 e. The van der Waals surface area contributed by atoms with Crippen molar-refractivity contribution in [3.8, 4) is 11.5 Å². The van der Waals surface area contributed by atoms with Gasteiger partial charge in [-0.25, -0.2) is 9.78 Å². The third-order valence-electron chi connectivity index (χ3n) is 5.73. The largest absolute Gasteiger partial charge is 0.497 e. The van der Waals surface area contributed by atoms with Gasteiger partial charge in [0.25, 0.3) is 0 Å². The normalized spacial score (nSPS) is 14.5. The van der Waals surface area contributed by atoms with E-state index in [1.807, 2.05) is 59.6 Å². The number of nitrogens with zero attached hydrogens (tertiary/aromatic N) is 3. The summed E-state index contributed by atoms with van der Waals surface area (Å²) in [4.78, 5) is 22.1. The summed E-state index contributed by atoms with van der Waals surface area (Å²) in [5.74, 6) is 2.06. The van der Waals surface area contributed by atoms with Gasteiger partial charge in [-0.2, -0.15) is 0 Å². The first-order valence-electron chi connectivity index (χ1n) is 10.5. The second-order valence-corrected chi connectivity index (χ2v) is 7.69. The number of benzene rings is 2. The molecule has 7 heteroatoms. The van der Waals surface area contributed by atoms with E-state index in [0.29, 0.717) is 30.3 Å². The molecule has 2 amide bonds. The van der Waals surface area contributed by atoms with E-state index in [9.17, 15) is 4.79 Å². The van der Waals surface area contributed by atoms with Gasteiger partial charge in [0.05, 0.1) is 38.7 Å². The van der Waals surface area contributed by atoms with Gasteiger partial charge >= 0.3 is 6.03 Å². The standard InChI is InChI=1S/C25H24N4O3/c1-31-20-11-19(12-21(13-20)32-2)28-16-18-14-27-24-22(9-6-10-26-24)23(18)29(25(28)30)15-17-7-4-3-5-8-17/h3-9,11-14H,10,15-16H2,1-2H3,(H,26,27). The molecule has 3 heterocycles. The number of hydrogen-bond acceptors (Lipinski definition) is 5. The summed E-state index contributed by atoms with van der Waals surface area (Å²) in [7, 11) is 3.20. The molecule has 32 heavy (non-hydrogen) atoms. The van der Waals surface area contributed by atoms with Crippen molar-refractivity contribution in [1.29, 1.82) is 0 Å². The zero-order chi connectivity index (χ0) is 22.1. The van der Waals surface area contributed by atoms with Crippen molar-refractivity contribution in [1.82, 2.24) is 4.98 Å². The van der Waals surface area contributed by atoms with Crippen molar-refractivity contribution in [3.05, 3.63) is 77.5 Å². The molecule has 0 saturated heterocycles. The minimum absolute atomic E-state index is 0.107. The number of carbonyl (C=O) groups is 1. The van der Waals surface area contributed by atoms with E-state index >= 15 is 0 Å². The minimum Gasteiger partial charge on any atom is -0.497 e. The predicted octanol–water partition coefficient (Wildman–Crippen LogP) is 4.68. The number of urea groups is 1. The maximum Gasteiger partial charge on any atom is 0.329 e. The van der Waals surface area contributed by atoms with Crippen LogP contribution in [0.5, 0.6) is 11.5 Å². The van der Waals surface area contributed by atoms with Crippen LogP contribution in [0.2, 0.25) is 0 Å². The Bertz CT molecular complexity index is 1170. The number of rotatable bonds is 5. The molecule has 7 nitrogen and oxygen atoms in total. The van der Waals surface area contributed by atoms with Crippen molar-refractivity contribution >= 4 is 29.3 Å². The number of aromatic nitrogens is 1. The lowest BCUT2D eigenvalue weighted by atomic mass is 10.0. The quantitative estimate of drug-likeness (QED) is 0.639. The highest BCUT2D eigenvalue weighted by atomic mass is 16.5. The topological polar surface area (TPSA) is 66.9 Å². The molecule has 2 aliphatic rings. The Morgan fingerprint density at radius 1 is 1.06 bits per heavy atom. The summed E-state index contributed by atoms with van der Waals surface area (Å²) in [6, 6.07) is 15.4. The van der Waals surface area contributed by atoms with Crippen LogP contribution in [-0.2, 0) is 13.1 Å². The molecule has 0 unspecified atom stereocenters. The summed E-state index contributed by atoms with van der Waals surface area (Å²) in [6.45, 7) is 1.58. The molecule has 0 bridgehead atoms. The molecule has 0 atom stereocenters. The van der Waals surface area contributed by atoms with Crippen LogP contribution in [0.25, 0.3) is 6.08 Å². The summed E-state index contributed by atoms with van der Waals surface area (Å²) in [5.41, 5.74) is 4.59. The first kappa shape index (κ1) is 19.9. The van der Waals surface area contributed by atoms with Crippen molar-refractivity contribution in [2.24, 2.45) is 0 Å². The van der Waals surface area contributed by atoms with Crippen LogP contribution in [-0.4, -0.2) is 31.8 Å². The Labute approximate surface area is 186 Å². The molecular formula is C25H24N4O3. The highest BCUT2D eigenvalue weighted by Gasteiger charge is 2.35. The Morgan fingerprint density at radius 3 is 2.53 bits per heavy atom. The zero-order valence-corrected chi connectivity index (χ0v) is 18.0. The molecule has 162 valence electrons. The molecule has 1 N–H and O–H groups in total. The van der Waals surface area contributed by atoms with Gasteiger partial charge in [-0.05, 0) is 5.56 Å². The fourth-order valence-corrected chi connectivity index (χ4v) is 4.17. The first-order chi connectivity index (χ1) is 15.7. The SMILES string of the molecule is COc1cc(OC)cc(N2Cc3cnc4c(c3N(Cc3ccccc3)C2=O)C=CCN4)c1. The fourth-order valence-electron chi connectivity index (χ4n) is 4.17. The molecular weight excluding hydrogens is 404 g/mol. The molecule has 0 saturated carbocycles. The third kappa shape index (κ3) is 3.51. The van der Waals surface area contributed by atoms with Gasteiger partial charge < -0.3 is 14.8 Å². The van der Waals surface area contributed by atoms with E-state index in [0.717, 1.165) is 34.7 Å². The van der Waals surface area contributed by atoms with Crippen molar-refractivity contribution in [3.63, 3.8) is 0 Å². The van der Waals surface area contributed by atoms with Gasteiger partial charge in [-0.15, -0.1) is 0 Å². The van der Waals surface area contributed by atoms with Gasteiger partial charge in [-0.3, -0.25) is 9.80 Å². The number of ether oxygens (including phenoxy) is 2. The van der Waals surface area contributed by atoms with E-state index in [-0.39, 0.29) is 6.03 Å². The maximum atomic E-state index is 13.9. The fraction of sp³-hybridized carbons (Fsp3) is 0.200. The van der Waals surface area contributed by atoms with Crippen molar-refractivity contribution in [2.45, 2.75) is 13.1 Å². The van der Waals surface area contributed by atoms with Crippen LogP contribution in [0.1, 0.15) is 16.7 Å². The first-order valence-corrected chi connectivity index (χ1v) is 10.5. The van der Waals surface area contributed by atoms with E-state index in [4.69, 9.17) is 9.47 Å². The number of pyridine rings is 1. The second-order valence-electron chi connectivity index (χ2n) is 7.69. The Balaban J connectivity index is 1.63. The van der Waals surface area contributed by atoms with Crippen molar-refractivity contribution < 1.29 is 14.3 Å². The Hall–Kier alpha value is -4.00. The maximum absolute atomic E-state index is 13.9. The average molecular weight is 428 g/mol. The lowest BCUT2D eigenvalue weighted by Crippen LogP contribution is -2.47. The molecule has 0 spiro atoms. The molecule has 0 aliphatic carbocycles. The minimum atomic E-state index is -0.107. The van der Waals surface area contributed by atoms with Crippen molar-refractivity contribution in [2.75, 3.05) is 35.9 Å². The summed E-state index contributed by atoms with van der Waals surface area (Å²) in [6.07, 6.45) is 5.96. The van der Waals surface area contributed by atoms with Crippen LogP contribution >= 0.6 is 0 Å². The van der Waals surface area contributed by atoms with Gasteiger partial charge in [0.1, 0.15) is 17.3 Å². The zero-order valence-electron chi connectivity index (χ0n) is 18.0. The molecule has 2 aliphatic heterocycles. The molecule has 0 radical (unpaired) electrons.